The van der Waals surface area contributed by atoms with Crippen molar-refractivity contribution >= 4 is 11.6 Å². The molecule has 1 aliphatic heterocycles. The van der Waals surface area contributed by atoms with Crippen LogP contribution in [0.4, 0.5) is 5.69 Å². The largest absolute Gasteiger partial charge is 0.486 e. The van der Waals surface area contributed by atoms with Gasteiger partial charge in [-0.2, -0.15) is 0 Å². The molecular formula is C25H32N2O3. The van der Waals surface area contributed by atoms with Crippen LogP contribution in [0.1, 0.15) is 44.3 Å². The minimum absolute atomic E-state index is 0.00345. The van der Waals surface area contributed by atoms with Crippen LogP contribution in [0.5, 0.6) is 5.75 Å². The Bertz CT molecular complexity index is 822. The number of hydrogen-bond acceptors (Lipinski definition) is 4. The van der Waals surface area contributed by atoms with Crippen molar-refractivity contribution in [1.82, 2.24) is 5.32 Å². The highest BCUT2D eigenvalue weighted by molar-refractivity contribution is 5.77. The molecule has 2 fully saturated rings. The van der Waals surface area contributed by atoms with Crippen molar-refractivity contribution in [3.05, 3.63) is 60.2 Å². The zero-order chi connectivity index (χ0) is 20.8. The Labute approximate surface area is 179 Å². The number of piperidine rings is 1. The van der Waals surface area contributed by atoms with Crippen LogP contribution in [0.3, 0.4) is 0 Å². The van der Waals surface area contributed by atoms with Gasteiger partial charge in [0.15, 0.2) is 0 Å². The Morgan fingerprint density at radius 1 is 1.13 bits per heavy atom. The Morgan fingerprint density at radius 3 is 2.77 bits per heavy atom. The second-order valence-corrected chi connectivity index (χ2v) is 8.48. The van der Waals surface area contributed by atoms with Gasteiger partial charge in [-0.25, -0.2) is 0 Å². The van der Waals surface area contributed by atoms with Gasteiger partial charge in [0.05, 0.1) is 6.61 Å². The summed E-state index contributed by atoms with van der Waals surface area (Å²) in [6.45, 7) is 4.76. The highest BCUT2D eigenvalue weighted by Gasteiger charge is 2.24. The molecule has 2 aliphatic rings. The minimum atomic E-state index is -0.00881. The number of carbonyl (C=O) groups is 1. The molecule has 0 aromatic heterocycles. The maximum Gasteiger partial charge on any atom is 0.246 e. The lowest BCUT2D eigenvalue weighted by Gasteiger charge is -2.35. The van der Waals surface area contributed by atoms with Gasteiger partial charge in [0, 0.05) is 30.9 Å². The lowest BCUT2D eigenvalue weighted by molar-refractivity contribution is -0.126. The van der Waals surface area contributed by atoms with Gasteiger partial charge in [0.1, 0.15) is 18.5 Å². The smallest absolute Gasteiger partial charge is 0.246 e. The van der Waals surface area contributed by atoms with Crippen LogP contribution in [0, 0.1) is 5.92 Å². The van der Waals surface area contributed by atoms with Crippen LogP contribution in [-0.4, -0.2) is 38.3 Å². The van der Waals surface area contributed by atoms with E-state index in [0.717, 1.165) is 49.5 Å². The van der Waals surface area contributed by atoms with E-state index >= 15 is 0 Å². The maximum atomic E-state index is 12.2. The van der Waals surface area contributed by atoms with E-state index in [1.807, 2.05) is 30.3 Å². The summed E-state index contributed by atoms with van der Waals surface area (Å²) in [5, 5.41) is 3.14. The zero-order valence-corrected chi connectivity index (χ0v) is 17.8. The SMILES string of the molecule is C[C@H](Oc1cccc(N2CCC[C@H](NC(=O)COCC3CC3)C2)c1)c1ccccc1. The number of carbonyl (C=O) groups excluding carboxylic acids is 1. The average molecular weight is 409 g/mol. The molecule has 1 amide bonds. The summed E-state index contributed by atoms with van der Waals surface area (Å²) >= 11 is 0. The first kappa shape index (κ1) is 20.7. The van der Waals surface area contributed by atoms with Crippen LogP contribution < -0.4 is 15.0 Å². The number of amides is 1. The summed E-state index contributed by atoms with van der Waals surface area (Å²) in [7, 11) is 0. The van der Waals surface area contributed by atoms with Gasteiger partial charge in [-0.05, 0) is 56.2 Å². The standard InChI is InChI=1S/C25H32N2O3/c1-19(21-7-3-2-4-8-21)30-24-11-5-10-23(15-24)27-14-6-9-22(16-27)26-25(28)18-29-17-20-12-13-20/h2-5,7-8,10-11,15,19-20,22H,6,9,12-14,16-18H2,1H3,(H,26,28)/t19-,22-/m0/s1. The van der Waals surface area contributed by atoms with E-state index in [9.17, 15) is 4.79 Å². The van der Waals surface area contributed by atoms with Crippen LogP contribution in [0.15, 0.2) is 54.6 Å². The molecule has 5 heteroatoms. The molecule has 1 saturated heterocycles. The number of ether oxygens (including phenoxy) is 2. The summed E-state index contributed by atoms with van der Waals surface area (Å²) in [5.74, 6) is 1.54. The lowest BCUT2D eigenvalue weighted by Crippen LogP contribution is -2.48. The molecule has 0 radical (unpaired) electrons. The van der Waals surface area contributed by atoms with Gasteiger partial charge in [0.2, 0.25) is 5.91 Å². The van der Waals surface area contributed by atoms with Crippen molar-refractivity contribution in [3.8, 4) is 5.75 Å². The number of nitrogens with one attached hydrogen (secondary N) is 1. The van der Waals surface area contributed by atoms with Crippen LogP contribution in [-0.2, 0) is 9.53 Å². The molecule has 160 valence electrons. The lowest BCUT2D eigenvalue weighted by atomic mass is 10.0. The third-order valence-electron chi connectivity index (χ3n) is 5.83. The second kappa shape index (κ2) is 9.98. The van der Waals surface area contributed by atoms with Crippen LogP contribution in [0.2, 0.25) is 0 Å². The third-order valence-corrected chi connectivity index (χ3v) is 5.83. The first-order chi connectivity index (χ1) is 14.7. The van der Waals surface area contributed by atoms with Crippen LogP contribution in [0.25, 0.3) is 0 Å². The van der Waals surface area contributed by atoms with Gasteiger partial charge in [-0.1, -0.05) is 36.4 Å². The molecule has 2 aromatic carbocycles. The Balaban J connectivity index is 1.30. The van der Waals surface area contributed by atoms with E-state index < -0.39 is 0 Å². The predicted molar refractivity (Wildman–Crippen MR) is 119 cm³/mol. The van der Waals surface area contributed by atoms with Crippen molar-refractivity contribution < 1.29 is 14.3 Å². The molecule has 2 aromatic rings. The fourth-order valence-electron chi connectivity index (χ4n) is 3.95. The molecule has 5 nitrogen and oxygen atoms in total. The number of anilines is 1. The fraction of sp³-hybridized carbons (Fsp3) is 0.480. The molecule has 0 unspecified atom stereocenters. The van der Waals surface area contributed by atoms with Gasteiger partial charge in [0.25, 0.3) is 0 Å². The highest BCUT2D eigenvalue weighted by Crippen LogP contribution is 2.29. The molecule has 1 N–H and O–H groups in total. The summed E-state index contributed by atoms with van der Waals surface area (Å²) in [6.07, 6.45) is 4.54. The van der Waals surface area contributed by atoms with Crippen molar-refractivity contribution in [1.29, 1.82) is 0 Å². The van der Waals surface area contributed by atoms with E-state index in [1.165, 1.54) is 12.8 Å². The van der Waals surface area contributed by atoms with E-state index in [1.54, 1.807) is 0 Å². The third kappa shape index (κ3) is 5.99. The monoisotopic (exact) mass is 408 g/mol. The quantitative estimate of drug-likeness (QED) is 0.671. The van der Waals surface area contributed by atoms with E-state index in [2.05, 4.69) is 41.4 Å². The summed E-state index contributed by atoms with van der Waals surface area (Å²) in [6, 6.07) is 18.7. The topological polar surface area (TPSA) is 50.8 Å². The predicted octanol–water partition coefficient (Wildman–Crippen LogP) is 4.34. The highest BCUT2D eigenvalue weighted by atomic mass is 16.5. The van der Waals surface area contributed by atoms with Gasteiger partial charge < -0.3 is 19.7 Å². The van der Waals surface area contributed by atoms with Gasteiger partial charge >= 0.3 is 0 Å². The summed E-state index contributed by atoms with van der Waals surface area (Å²) in [5.41, 5.74) is 2.30. The number of hydrogen-bond donors (Lipinski definition) is 1. The molecule has 0 spiro atoms. The molecule has 2 atom stereocenters. The number of benzene rings is 2. The van der Waals surface area contributed by atoms with E-state index in [0.29, 0.717) is 5.92 Å². The zero-order valence-electron chi connectivity index (χ0n) is 17.8. The van der Waals surface area contributed by atoms with E-state index in [-0.39, 0.29) is 24.7 Å². The van der Waals surface area contributed by atoms with Crippen molar-refractivity contribution in [2.45, 2.75) is 44.8 Å². The van der Waals surface area contributed by atoms with E-state index in [4.69, 9.17) is 9.47 Å². The van der Waals surface area contributed by atoms with Crippen molar-refractivity contribution in [2.24, 2.45) is 5.92 Å². The Kier molecular flexibility index (Phi) is 6.90. The fourth-order valence-corrected chi connectivity index (χ4v) is 3.95. The minimum Gasteiger partial charge on any atom is -0.486 e. The first-order valence-electron chi connectivity index (χ1n) is 11.1. The molecule has 4 rings (SSSR count). The van der Waals surface area contributed by atoms with Crippen LogP contribution >= 0.6 is 0 Å². The number of nitrogens with zero attached hydrogens (tertiary/aromatic N) is 1. The first-order valence-corrected chi connectivity index (χ1v) is 11.1. The molecule has 30 heavy (non-hydrogen) atoms. The average Bonchev–Trinajstić information content (AvgIpc) is 3.59. The second-order valence-electron chi connectivity index (χ2n) is 8.48. The summed E-state index contributed by atoms with van der Waals surface area (Å²) < 4.78 is 11.7. The Hall–Kier alpha value is -2.53. The molecular weight excluding hydrogens is 376 g/mol. The van der Waals surface area contributed by atoms with Gasteiger partial charge in [-0.3, -0.25) is 4.79 Å². The molecule has 0 bridgehead atoms. The van der Waals surface area contributed by atoms with Crippen molar-refractivity contribution in [3.63, 3.8) is 0 Å². The molecule has 1 heterocycles. The molecule has 1 aliphatic carbocycles. The van der Waals surface area contributed by atoms with Gasteiger partial charge in [-0.15, -0.1) is 0 Å². The number of rotatable bonds is 9. The van der Waals surface area contributed by atoms with Crippen molar-refractivity contribution in [2.75, 3.05) is 31.2 Å². The normalized spacial score (nSPS) is 19.9. The molecule has 1 saturated carbocycles. The maximum absolute atomic E-state index is 12.2. The summed E-state index contributed by atoms with van der Waals surface area (Å²) in [4.78, 5) is 14.5. The Morgan fingerprint density at radius 2 is 1.97 bits per heavy atom.